The fourth-order valence-corrected chi connectivity index (χ4v) is 2.07. The van der Waals surface area contributed by atoms with Crippen molar-refractivity contribution >= 4 is 17.6 Å². The molecule has 0 saturated carbocycles. The van der Waals surface area contributed by atoms with Crippen LogP contribution < -0.4 is 5.73 Å². The van der Waals surface area contributed by atoms with Crippen molar-refractivity contribution < 1.29 is 5.21 Å². The van der Waals surface area contributed by atoms with Crippen LogP contribution in [0.2, 0.25) is 0 Å². The number of nitrogens with one attached hydrogen (secondary N) is 1. The summed E-state index contributed by atoms with van der Waals surface area (Å²) in [6.07, 6.45) is 1.44. The molecule has 84 valence electrons. The van der Waals surface area contributed by atoms with Crippen LogP contribution in [-0.2, 0) is 0 Å². The minimum atomic E-state index is 0.232. The molecule has 7 heteroatoms. The highest BCUT2D eigenvalue weighted by molar-refractivity contribution is 7.99. The molecule has 0 aromatic carbocycles. The second-order valence-electron chi connectivity index (χ2n) is 3.15. The largest absolute Gasteiger partial charge is 0.409 e. The zero-order valence-electron chi connectivity index (χ0n) is 8.77. The molecule has 1 heterocycles. The van der Waals surface area contributed by atoms with E-state index in [0.717, 1.165) is 12.2 Å². The molecule has 6 nitrogen and oxygen atoms in total. The number of aryl methyl sites for hydroxylation is 1. The zero-order chi connectivity index (χ0) is 11.3. The van der Waals surface area contributed by atoms with Gasteiger partial charge >= 0.3 is 0 Å². The maximum atomic E-state index is 8.47. The van der Waals surface area contributed by atoms with Crippen molar-refractivity contribution in [3.8, 4) is 0 Å². The maximum absolute atomic E-state index is 8.47. The molecule has 1 rings (SSSR count). The second-order valence-corrected chi connectivity index (χ2v) is 4.41. The van der Waals surface area contributed by atoms with Gasteiger partial charge in [-0.25, -0.2) is 4.98 Å². The first-order valence-electron chi connectivity index (χ1n) is 4.67. The van der Waals surface area contributed by atoms with E-state index >= 15 is 0 Å². The number of hydrogen-bond donors (Lipinski definition) is 3. The number of thioether (sulfide) groups is 1. The summed E-state index contributed by atoms with van der Waals surface area (Å²) in [5, 5.41) is 19.1. The average Bonchev–Trinajstić information content (AvgIpc) is 2.62. The molecule has 15 heavy (non-hydrogen) atoms. The molecule has 0 saturated heterocycles. The van der Waals surface area contributed by atoms with Gasteiger partial charge in [0, 0.05) is 11.7 Å². The number of hydrogen-bond acceptors (Lipinski definition) is 5. The third kappa shape index (κ3) is 3.78. The Morgan fingerprint density at radius 1 is 1.73 bits per heavy atom. The van der Waals surface area contributed by atoms with Crippen LogP contribution in [0.1, 0.15) is 25.6 Å². The molecule has 0 aliphatic rings. The predicted octanol–water partition coefficient (Wildman–Crippen LogP) is 1.12. The highest BCUT2D eigenvalue weighted by Crippen LogP contribution is 2.24. The molecule has 0 radical (unpaired) electrons. The lowest BCUT2D eigenvalue weighted by molar-refractivity contribution is 0.316. The Balaban J connectivity index is 2.54. The van der Waals surface area contributed by atoms with Crippen LogP contribution in [0.25, 0.3) is 0 Å². The summed E-state index contributed by atoms with van der Waals surface area (Å²) in [4.78, 5) is 4.18. The molecular formula is C8H15N5OS. The normalized spacial score (nSPS) is 14.1. The Labute approximate surface area is 92.3 Å². The molecule has 1 aromatic heterocycles. The molecule has 0 spiro atoms. The second kappa shape index (κ2) is 5.59. The first kappa shape index (κ1) is 11.8. The van der Waals surface area contributed by atoms with E-state index in [2.05, 4.69) is 20.3 Å². The van der Waals surface area contributed by atoms with Crippen LogP contribution in [0.5, 0.6) is 0 Å². The Hall–Kier alpha value is -1.24. The molecule has 0 fully saturated rings. The fourth-order valence-electron chi connectivity index (χ4n) is 1.07. The Kier molecular flexibility index (Phi) is 4.41. The predicted molar refractivity (Wildman–Crippen MR) is 59.1 cm³/mol. The Bertz CT molecular complexity index is 338. The van der Waals surface area contributed by atoms with Crippen molar-refractivity contribution in [3.63, 3.8) is 0 Å². The Morgan fingerprint density at radius 2 is 2.47 bits per heavy atom. The molecule has 0 aliphatic carbocycles. The minimum absolute atomic E-state index is 0.232. The molecule has 0 aliphatic heterocycles. The summed E-state index contributed by atoms with van der Waals surface area (Å²) in [5.41, 5.74) is 5.45. The standard InChI is InChI=1S/C8H15N5OS/c1-3-6(4-7(9)13-14)15-8-10-5(2)11-12-8/h6,14H,3-4H2,1-2H3,(H2,9,13)(H,10,11,12). The Morgan fingerprint density at radius 3 is 2.93 bits per heavy atom. The van der Waals surface area contributed by atoms with E-state index < -0.39 is 0 Å². The molecule has 0 amide bonds. The molecular weight excluding hydrogens is 214 g/mol. The first-order chi connectivity index (χ1) is 7.15. The molecule has 1 aromatic rings. The van der Waals surface area contributed by atoms with Crippen molar-refractivity contribution in [1.82, 2.24) is 15.2 Å². The molecule has 1 atom stereocenters. The van der Waals surface area contributed by atoms with Crippen molar-refractivity contribution in [2.24, 2.45) is 10.9 Å². The number of nitrogens with zero attached hydrogens (tertiary/aromatic N) is 3. The smallest absolute Gasteiger partial charge is 0.208 e. The van der Waals surface area contributed by atoms with Gasteiger partial charge in [-0.2, -0.15) is 0 Å². The van der Waals surface area contributed by atoms with E-state index in [4.69, 9.17) is 10.9 Å². The number of aromatic amines is 1. The summed E-state index contributed by atoms with van der Waals surface area (Å²) in [5.74, 6) is 1.03. The first-order valence-corrected chi connectivity index (χ1v) is 5.55. The van der Waals surface area contributed by atoms with Gasteiger partial charge in [0.1, 0.15) is 11.7 Å². The third-order valence-electron chi connectivity index (χ3n) is 1.87. The van der Waals surface area contributed by atoms with E-state index in [9.17, 15) is 0 Å². The van der Waals surface area contributed by atoms with E-state index in [1.165, 1.54) is 11.8 Å². The van der Waals surface area contributed by atoms with Crippen LogP contribution in [0.15, 0.2) is 10.3 Å². The lowest BCUT2D eigenvalue weighted by Gasteiger charge is -2.10. The quantitative estimate of drug-likeness (QED) is 0.231. The summed E-state index contributed by atoms with van der Waals surface area (Å²) in [6, 6.07) is 0. The van der Waals surface area contributed by atoms with Gasteiger partial charge in [0.05, 0.1) is 0 Å². The number of rotatable bonds is 5. The van der Waals surface area contributed by atoms with Gasteiger partial charge < -0.3 is 10.9 Å². The van der Waals surface area contributed by atoms with Crippen LogP contribution in [0.4, 0.5) is 0 Å². The van der Waals surface area contributed by atoms with Gasteiger partial charge in [-0.05, 0) is 13.3 Å². The topological polar surface area (TPSA) is 100 Å². The average molecular weight is 229 g/mol. The van der Waals surface area contributed by atoms with E-state index in [1.54, 1.807) is 0 Å². The summed E-state index contributed by atoms with van der Waals surface area (Å²) in [7, 11) is 0. The number of nitrogens with two attached hydrogens (primary N) is 1. The van der Waals surface area contributed by atoms with Gasteiger partial charge in [0.2, 0.25) is 5.16 Å². The summed E-state index contributed by atoms with van der Waals surface area (Å²) < 4.78 is 0. The third-order valence-corrected chi connectivity index (χ3v) is 3.10. The molecule has 4 N–H and O–H groups in total. The van der Waals surface area contributed by atoms with Gasteiger partial charge in [-0.15, -0.1) is 5.10 Å². The zero-order valence-corrected chi connectivity index (χ0v) is 9.58. The monoisotopic (exact) mass is 229 g/mol. The van der Waals surface area contributed by atoms with Gasteiger partial charge in [0.15, 0.2) is 0 Å². The number of aromatic nitrogens is 3. The van der Waals surface area contributed by atoms with Crippen LogP contribution in [-0.4, -0.2) is 31.5 Å². The van der Waals surface area contributed by atoms with Crippen LogP contribution in [0, 0.1) is 6.92 Å². The van der Waals surface area contributed by atoms with Crippen molar-refractivity contribution in [2.45, 2.75) is 37.1 Å². The van der Waals surface area contributed by atoms with Crippen molar-refractivity contribution in [1.29, 1.82) is 0 Å². The number of H-pyrrole nitrogens is 1. The number of oxime groups is 1. The lowest BCUT2D eigenvalue weighted by Crippen LogP contribution is -2.18. The van der Waals surface area contributed by atoms with Gasteiger partial charge in [-0.3, -0.25) is 5.10 Å². The minimum Gasteiger partial charge on any atom is -0.409 e. The van der Waals surface area contributed by atoms with Crippen LogP contribution >= 0.6 is 11.8 Å². The van der Waals surface area contributed by atoms with Gasteiger partial charge in [-0.1, -0.05) is 23.8 Å². The van der Waals surface area contributed by atoms with E-state index in [0.29, 0.717) is 11.6 Å². The summed E-state index contributed by atoms with van der Waals surface area (Å²) in [6.45, 7) is 3.89. The van der Waals surface area contributed by atoms with Crippen molar-refractivity contribution in [2.75, 3.05) is 0 Å². The van der Waals surface area contributed by atoms with E-state index in [-0.39, 0.29) is 11.1 Å². The fraction of sp³-hybridized carbons (Fsp3) is 0.625. The highest BCUT2D eigenvalue weighted by atomic mass is 32.2. The highest BCUT2D eigenvalue weighted by Gasteiger charge is 2.13. The number of amidine groups is 1. The van der Waals surface area contributed by atoms with Crippen LogP contribution in [0.3, 0.4) is 0 Å². The maximum Gasteiger partial charge on any atom is 0.208 e. The SMILES string of the molecule is CCC(C/C(N)=N/O)Sc1n[nH]c(C)n1. The summed E-state index contributed by atoms with van der Waals surface area (Å²) >= 11 is 1.53. The van der Waals surface area contributed by atoms with Gasteiger partial charge in [0.25, 0.3) is 0 Å². The lowest BCUT2D eigenvalue weighted by atomic mass is 10.2. The van der Waals surface area contributed by atoms with Crippen molar-refractivity contribution in [3.05, 3.63) is 5.82 Å². The van der Waals surface area contributed by atoms with E-state index in [1.807, 2.05) is 13.8 Å². The molecule has 1 unspecified atom stereocenters. The molecule has 0 bridgehead atoms.